The molecule has 0 amide bonds. The summed E-state index contributed by atoms with van der Waals surface area (Å²) in [5.41, 5.74) is 2.90. The standard InChI is InChI=1S/C17H24F3N3/c1-2-3-4-5-6-7-8-10-22-23-13-15(17(18,19)20)14-9-11-21-12-16(14)23/h9,11-13,22H,2-8,10H2,1H3. The second kappa shape index (κ2) is 8.22. The van der Waals surface area contributed by atoms with Crippen LogP contribution in [-0.4, -0.2) is 16.2 Å². The minimum absolute atomic E-state index is 0.180. The number of unbranched alkanes of at least 4 members (excludes halogenated alkanes) is 6. The van der Waals surface area contributed by atoms with Crippen LogP contribution in [0.5, 0.6) is 0 Å². The Balaban J connectivity index is 1.88. The quantitative estimate of drug-likeness (QED) is 0.629. The number of fused-ring (bicyclic) bond motifs is 1. The summed E-state index contributed by atoms with van der Waals surface area (Å²) in [5.74, 6) is 0. The van der Waals surface area contributed by atoms with Gasteiger partial charge in [0.05, 0.1) is 17.3 Å². The van der Waals surface area contributed by atoms with Gasteiger partial charge in [0.15, 0.2) is 0 Å². The average Bonchev–Trinajstić information content (AvgIpc) is 2.89. The van der Waals surface area contributed by atoms with Gasteiger partial charge in [0.25, 0.3) is 0 Å². The third-order valence-electron chi connectivity index (χ3n) is 3.98. The van der Waals surface area contributed by atoms with E-state index in [1.54, 1.807) is 0 Å². The molecule has 0 saturated heterocycles. The molecule has 1 N–H and O–H groups in total. The zero-order valence-electron chi connectivity index (χ0n) is 13.5. The van der Waals surface area contributed by atoms with Crippen LogP contribution in [0.2, 0.25) is 0 Å². The Morgan fingerprint density at radius 1 is 1.09 bits per heavy atom. The monoisotopic (exact) mass is 327 g/mol. The molecule has 0 bridgehead atoms. The van der Waals surface area contributed by atoms with Crippen molar-refractivity contribution in [2.45, 2.75) is 58.0 Å². The minimum Gasteiger partial charge on any atom is -0.326 e. The van der Waals surface area contributed by atoms with Crippen LogP contribution >= 0.6 is 0 Å². The number of nitrogens with one attached hydrogen (secondary N) is 1. The fraction of sp³-hybridized carbons (Fsp3) is 0.588. The van der Waals surface area contributed by atoms with Crippen molar-refractivity contribution < 1.29 is 13.2 Å². The first-order valence-electron chi connectivity index (χ1n) is 8.30. The number of halogens is 3. The molecule has 0 aliphatic carbocycles. The van der Waals surface area contributed by atoms with E-state index in [9.17, 15) is 13.2 Å². The fourth-order valence-corrected chi connectivity index (χ4v) is 2.71. The molecule has 6 heteroatoms. The zero-order valence-corrected chi connectivity index (χ0v) is 13.5. The van der Waals surface area contributed by atoms with E-state index in [0.717, 1.165) is 19.0 Å². The SMILES string of the molecule is CCCCCCCCCNn1cc(C(F)(F)F)c2ccncc21. The summed E-state index contributed by atoms with van der Waals surface area (Å²) in [5, 5.41) is 0.180. The van der Waals surface area contributed by atoms with E-state index in [1.807, 2.05) is 0 Å². The molecule has 0 radical (unpaired) electrons. The highest BCUT2D eigenvalue weighted by Gasteiger charge is 2.34. The topological polar surface area (TPSA) is 29.9 Å². The fourth-order valence-electron chi connectivity index (χ4n) is 2.71. The van der Waals surface area contributed by atoms with Gasteiger partial charge in [-0.2, -0.15) is 13.2 Å². The lowest BCUT2D eigenvalue weighted by Crippen LogP contribution is -2.15. The first-order chi connectivity index (χ1) is 11.0. The Bertz CT molecular complexity index is 605. The van der Waals surface area contributed by atoms with Gasteiger partial charge in [0, 0.05) is 24.3 Å². The molecule has 0 aromatic carbocycles. The maximum absolute atomic E-state index is 13.1. The summed E-state index contributed by atoms with van der Waals surface area (Å²) in [7, 11) is 0. The molecule has 3 nitrogen and oxygen atoms in total. The lowest BCUT2D eigenvalue weighted by molar-refractivity contribution is -0.136. The van der Waals surface area contributed by atoms with E-state index in [-0.39, 0.29) is 5.39 Å². The molecule has 2 aromatic rings. The lowest BCUT2D eigenvalue weighted by atomic mass is 10.1. The molecule has 0 unspecified atom stereocenters. The van der Waals surface area contributed by atoms with Crippen molar-refractivity contribution in [3.05, 3.63) is 30.2 Å². The van der Waals surface area contributed by atoms with Crippen molar-refractivity contribution in [3.8, 4) is 0 Å². The van der Waals surface area contributed by atoms with E-state index in [0.29, 0.717) is 12.1 Å². The van der Waals surface area contributed by atoms with Gasteiger partial charge in [-0.1, -0.05) is 45.4 Å². The number of alkyl halides is 3. The number of pyridine rings is 1. The van der Waals surface area contributed by atoms with Crippen molar-refractivity contribution >= 4 is 10.9 Å². The highest BCUT2D eigenvalue weighted by molar-refractivity contribution is 5.83. The van der Waals surface area contributed by atoms with Crippen molar-refractivity contribution in [2.75, 3.05) is 12.0 Å². The summed E-state index contributed by atoms with van der Waals surface area (Å²) >= 11 is 0. The van der Waals surface area contributed by atoms with Gasteiger partial charge in [-0.05, 0) is 12.5 Å². The van der Waals surface area contributed by atoms with Crippen molar-refractivity contribution in [1.29, 1.82) is 0 Å². The minimum atomic E-state index is -4.36. The molecule has 0 aliphatic heterocycles. The van der Waals surface area contributed by atoms with Gasteiger partial charge in [-0.25, -0.2) is 0 Å². The maximum Gasteiger partial charge on any atom is 0.418 e. The Kier molecular flexibility index (Phi) is 6.30. The predicted molar refractivity (Wildman–Crippen MR) is 87.0 cm³/mol. The largest absolute Gasteiger partial charge is 0.418 e. The molecule has 2 rings (SSSR count). The van der Waals surface area contributed by atoms with Crippen LogP contribution in [0.3, 0.4) is 0 Å². The Morgan fingerprint density at radius 2 is 1.78 bits per heavy atom. The number of hydrogen-bond donors (Lipinski definition) is 1. The molecule has 23 heavy (non-hydrogen) atoms. The molecule has 0 saturated carbocycles. The summed E-state index contributed by atoms with van der Waals surface area (Å²) in [4.78, 5) is 3.93. The number of nitrogens with zero attached hydrogens (tertiary/aromatic N) is 2. The van der Waals surface area contributed by atoms with Gasteiger partial charge in [0.1, 0.15) is 0 Å². The zero-order chi connectivity index (χ0) is 16.7. The molecule has 0 atom stereocenters. The summed E-state index contributed by atoms with van der Waals surface area (Å²) in [6, 6.07) is 1.41. The van der Waals surface area contributed by atoms with Gasteiger partial charge in [-0.3, -0.25) is 9.66 Å². The highest BCUT2D eigenvalue weighted by Crippen LogP contribution is 2.35. The Hall–Kier alpha value is -1.72. The number of hydrogen-bond acceptors (Lipinski definition) is 2. The second-order valence-electron chi connectivity index (χ2n) is 5.83. The number of aromatic nitrogens is 2. The van der Waals surface area contributed by atoms with Crippen molar-refractivity contribution in [2.24, 2.45) is 0 Å². The third kappa shape index (κ3) is 4.88. The maximum atomic E-state index is 13.1. The normalized spacial score (nSPS) is 12.0. The molecule has 0 fully saturated rings. The molecule has 128 valence electrons. The molecule has 2 aromatic heterocycles. The smallest absolute Gasteiger partial charge is 0.326 e. The van der Waals surface area contributed by atoms with Crippen LogP contribution in [-0.2, 0) is 6.18 Å². The van der Waals surface area contributed by atoms with Gasteiger partial charge in [-0.15, -0.1) is 0 Å². The Labute approximate surface area is 134 Å². The van der Waals surface area contributed by atoms with Crippen LogP contribution in [0.15, 0.2) is 24.7 Å². The predicted octanol–water partition coefficient (Wildman–Crippen LogP) is 5.35. The van der Waals surface area contributed by atoms with E-state index in [2.05, 4.69) is 17.3 Å². The highest BCUT2D eigenvalue weighted by atomic mass is 19.4. The van der Waals surface area contributed by atoms with Gasteiger partial charge in [0.2, 0.25) is 0 Å². The third-order valence-corrected chi connectivity index (χ3v) is 3.98. The molecular weight excluding hydrogens is 303 g/mol. The van der Waals surface area contributed by atoms with Crippen LogP contribution in [0.4, 0.5) is 13.2 Å². The Morgan fingerprint density at radius 3 is 2.48 bits per heavy atom. The average molecular weight is 327 g/mol. The van der Waals surface area contributed by atoms with E-state index >= 15 is 0 Å². The van der Waals surface area contributed by atoms with Crippen molar-refractivity contribution in [3.63, 3.8) is 0 Å². The van der Waals surface area contributed by atoms with E-state index in [4.69, 9.17) is 0 Å². The summed E-state index contributed by atoms with van der Waals surface area (Å²) < 4.78 is 40.6. The van der Waals surface area contributed by atoms with Crippen LogP contribution in [0, 0.1) is 0 Å². The van der Waals surface area contributed by atoms with Gasteiger partial charge >= 0.3 is 6.18 Å². The van der Waals surface area contributed by atoms with Crippen LogP contribution < -0.4 is 5.43 Å². The first-order valence-corrected chi connectivity index (χ1v) is 8.30. The lowest BCUT2D eigenvalue weighted by Gasteiger charge is -2.09. The molecular formula is C17H24F3N3. The first kappa shape index (κ1) is 17.6. The van der Waals surface area contributed by atoms with Gasteiger partial charge < -0.3 is 5.43 Å². The van der Waals surface area contributed by atoms with E-state index < -0.39 is 11.7 Å². The van der Waals surface area contributed by atoms with E-state index in [1.165, 1.54) is 55.2 Å². The molecule has 0 spiro atoms. The molecule has 0 aliphatic rings. The summed E-state index contributed by atoms with van der Waals surface area (Å²) in [6.45, 7) is 2.85. The van der Waals surface area contributed by atoms with Crippen LogP contribution in [0.1, 0.15) is 57.4 Å². The summed E-state index contributed by atoms with van der Waals surface area (Å²) in [6.07, 6.45) is 7.87. The molecule has 2 heterocycles. The van der Waals surface area contributed by atoms with Crippen LogP contribution in [0.25, 0.3) is 10.9 Å². The number of rotatable bonds is 9. The second-order valence-corrected chi connectivity index (χ2v) is 5.83. The van der Waals surface area contributed by atoms with Crippen molar-refractivity contribution in [1.82, 2.24) is 9.66 Å².